The Bertz CT molecular complexity index is 661. The van der Waals surface area contributed by atoms with Gasteiger partial charge in [0.15, 0.2) is 0 Å². The van der Waals surface area contributed by atoms with Crippen molar-refractivity contribution in [2.75, 3.05) is 44.2 Å². The van der Waals surface area contributed by atoms with Gasteiger partial charge in [0.25, 0.3) is 0 Å². The zero-order valence-electron chi connectivity index (χ0n) is 15.5. The molecule has 2 amide bonds. The van der Waals surface area contributed by atoms with Gasteiger partial charge in [-0.15, -0.1) is 0 Å². The predicted molar refractivity (Wildman–Crippen MR) is 102 cm³/mol. The number of likely N-dealkylation sites (tertiary alicyclic amines) is 2. The number of nitrogens with zero attached hydrogens (tertiary/aromatic N) is 3. The maximum Gasteiger partial charge on any atom is 0.228 e. The molecule has 3 aliphatic heterocycles. The minimum atomic E-state index is 0.200. The highest BCUT2D eigenvalue weighted by Gasteiger charge is 2.30. The average Bonchev–Trinajstić information content (AvgIpc) is 3.36. The summed E-state index contributed by atoms with van der Waals surface area (Å²) in [5, 5.41) is 0. The van der Waals surface area contributed by atoms with Crippen molar-refractivity contribution in [2.45, 2.75) is 38.5 Å². The molecule has 5 nitrogen and oxygen atoms in total. The SMILES string of the molecule is O=C(C1CCN(CCC(=O)N2CCc3ccccc32)CC1)N1CCCC1. The third-order valence-corrected chi connectivity index (χ3v) is 6.18. The van der Waals surface area contributed by atoms with Gasteiger partial charge >= 0.3 is 0 Å². The van der Waals surface area contributed by atoms with Gasteiger partial charge in [-0.3, -0.25) is 9.59 Å². The van der Waals surface area contributed by atoms with Gasteiger partial charge in [0, 0.05) is 44.2 Å². The topological polar surface area (TPSA) is 43.9 Å². The molecule has 1 aromatic carbocycles. The van der Waals surface area contributed by atoms with E-state index in [1.807, 2.05) is 17.0 Å². The molecule has 3 heterocycles. The van der Waals surface area contributed by atoms with Crippen LogP contribution in [-0.4, -0.2) is 60.9 Å². The number of rotatable bonds is 4. The first-order chi connectivity index (χ1) is 12.7. The van der Waals surface area contributed by atoms with Crippen LogP contribution in [0.15, 0.2) is 24.3 Å². The molecule has 4 rings (SSSR count). The Morgan fingerprint density at radius 3 is 2.46 bits per heavy atom. The van der Waals surface area contributed by atoms with Gasteiger partial charge in [-0.05, 0) is 56.8 Å². The van der Waals surface area contributed by atoms with Gasteiger partial charge in [-0.2, -0.15) is 0 Å². The van der Waals surface area contributed by atoms with Crippen LogP contribution in [0.1, 0.15) is 37.7 Å². The van der Waals surface area contributed by atoms with Gasteiger partial charge < -0.3 is 14.7 Å². The van der Waals surface area contributed by atoms with E-state index in [1.165, 1.54) is 5.56 Å². The van der Waals surface area contributed by atoms with Gasteiger partial charge in [-0.25, -0.2) is 0 Å². The molecule has 2 fully saturated rings. The number of amides is 2. The molecule has 0 saturated carbocycles. The van der Waals surface area contributed by atoms with Gasteiger partial charge in [0.05, 0.1) is 0 Å². The maximum absolute atomic E-state index is 12.6. The number of hydrogen-bond donors (Lipinski definition) is 0. The minimum absolute atomic E-state index is 0.200. The van der Waals surface area contributed by atoms with Gasteiger partial charge in [0.2, 0.25) is 11.8 Å². The van der Waals surface area contributed by atoms with Crippen LogP contribution >= 0.6 is 0 Å². The fraction of sp³-hybridized carbons (Fsp3) is 0.619. The molecule has 0 bridgehead atoms. The summed E-state index contributed by atoms with van der Waals surface area (Å²) in [5.74, 6) is 0.794. The second kappa shape index (κ2) is 7.78. The van der Waals surface area contributed by atoms with Gasteiger partial charge in [-0.1, -0.05) is 18.2 Å². The zero-order chi connectivity index (χ0) is 17.9. The molecule has 0 spiro atoms. The lowest BCUT2D eigenvalue weighted by molar-refractivity contribution is -0.136. The number of piperidine rings is 1. The second-order valence-corrected chi connectivity index (χ2v) is 7.82. The van der Waals surface area contributed by atoms with Crippen LogP contribution < -0.4 is 4.90 Å². The molecule has 2 saturated heterocycles. The Kier molecular flexibility index (Phi) is 5.25. The van der Waals surface area contributed by atoms with Crippen LogP contribution in [-0.2, 0) is 16.0 Å². The van der Waals surface area contributed by atoms with Crippen molar-refractivity contribution in [2.24, 2.45) is 5.92 Å². The van der Waals surface area contributed by atoms with Crippen LogP contribution in [0.25, 0.3) is 0 Å². The summed E-state index contributed by atoms with van der Waals surface area (Å²) in [6.45, 7) is 5.39. The van der Waals surface area contributed by atoms with Crippen LogP contribution in [0, 0.1) is 5.92 Å². The molecular weight excluding hydrogens is 326 g/mol. The van der Waals surface area contributed by atoms with Crippen molar-refractivity contribution in [1.29, 1.82) is 0 Å². The Hall–Kier alpha value is -1.88. The van der Waals surface area contributed by atoms with E-state index in [1.54, 1.807) is 0 Å². The van der Waals surface area contributed by atoms with Crippen LogP contribution in [0.2, 0.25) is 0 Å². The number of hydrogen-bond acceptors (Lipinski definition) is 3. The molecule has 26 heavy (non-hydrogen) atoms. The van der Waals surface area contributed by atoms with Crippen molar-refractivity contribution in [3.8, 4) is 0 Å². The van der Waals surface area contributed by atoms with Gasteiger partial charge in [0.1, 0.15) is 0 Å². The Morgan fingerprint density at radius 2 is 1.69 bits per heavy atom. The lowest BCUT2D eigenvalue weighted by atomic mass is 9.95. The number of fused-ring (bicyclic) bond motifs is 1. The first-order valence-electron chi connectivity index (χ1n) is 10.1. The summed E-state index contributed by atoms with van der Waals surface area (Å²) < 4.78 is 0. The summed E-state index contributed by atoms with van der Waals surface area (Å²) in [6, 6.07) is 8.22. The fourth-order valence-electron chi connectivity index (χ4n) is 4.59. The van der Waals surface area contributed by atoms with E-state index >= 15 is 0 Å². The van der Waals surface area contributed by atoms with Crippen LogP contribution in [0.5, 0.6) is 0 Å². The molecule has 0 N–H and O–H groups in total. The van der Waals surface area contributed by atoms with E-state index in [4.69, 9.17) is 0 Å². The second-order valence-electron chi connectivity index (χ2n) is 7.82. The molecule has 0 aromatic heterocycles. The molecule has 1 aromatic rings. The molecule has 3 aliphatic rings. The van der Waals surface area contributed by atoms with Crippen molar-refractivity contribution < 1.29 is 9.59 Å². The fourth-order valence-corrected chi connectivity index (χ4v) is 4.59. The lowest BCUT2D eigenvalue weighted by Crippen LogP contribution is -2.42. The Balaban J connectivity index is 1.23. The number of benzene rings is 1. The van der Waals surface area contributed by atoms with Crippen LogP contribution in [0.3, 0.4) is 0 Å². The smallest absolute Gasteiger partial charge is 0.228 e. The van der Waals surface area contributed by atoms with Crippen LogP contribution in [0.4, 0.5) is 5.69 Å². The monoisotopic (exact) mass is 355 g/mol. The number of anilines is 1. The zero-order valence-corrected chi connectivity index (χ0v) is 15.5. The average molecular weight is 355 g/mol. The first kappa shape index (κ1) is 17.5. The third kappa shape index (κ3) is 3.63. The predicted octanol–water partition coefficient (Wildman–Crippen LogP) is 2.30. The molecule has 0 atom stereocenters. The van der Waals surface area contributed by atoms with Crippen molar-refractivity contribution in [3.05, 3.63) is 29.8 Å². The van der Waals surface area contributed by atoms with E-state index in [2.05, 4.69) is 21.9 Å². The Morgan fingerprint density at radius 1 is 0.962 bits per heavy atom. The maximum atomic E-state index is 12.6. The van der Waals surface area contributed by atoms with E-state index in [0.717, 1.165) is 77.1 Å². The summed E-state index contributed by atoms with van der Waals surface area (Å²) in [5.41, 5.74) is 2.37. The summed E-state index contributed by atoms with van der Waals surface area (Å²) in [6.07, 6.45) is 5.73. The lowest BCUT2D eigenvalue weighted by Gasteiger charge is -2.33. The molecule has 140 valence electrons. The minimum Gasteiger partial charge on any atom is -0.342 e. The normalized spacial score (nSPS) is 21.2. The summed E-state index contributed by atoms with van der Waals surface area (Å²) in [7, 11) is 0. The number of carbonyl (C=O) groups is 2. The molecule has 0 radical (unpaired) electrons. The highest BCUT2D eigenvalue weighted by molar-refractivity contribution is 5.95. The summed E-state index contributed by atoms with van der Waals surface area (Å²) in [4.78, 5) is 31.5. The quantitative estimate of drug-likeness (QED) is 0.832. The third-order valence-electron chi connectivity index (χ3n) is 6.18. The molecular formula is C21H29N3O2. The van der Waals surface area contributed by atoms with E-state index < -0.39 is 0 Å². The van der Waals surface area contributed by atoms with Crippen molar-refractivity contribution in [1.82, 2.24) is 9.80 Å². The molecule has 5 heteroatoms. The van der Waals surface area contributed by atoms with Crippen molar-refractivity contribution >= 4 is 17.5 Å². The molecule has 0 unspecified atom stereocenters. The number of para-hydroxylation sites is 1. The standard InChI is InChI=1S/C21H29N3O2/c25-20(24-16-9-17-5-1-2-6-19(17)24)10-15-22-13-7-18(8-14-22)21(26)23-11-3-4-12-23/h1-2,5-6,18H,3-4,7-16H2. The highest BCUT2D eigenvalue weighted by Crippen LogP contribution is 2.28. The van der Waals surface area contributed by atoms with Crippen molar-refractivity contribution in [3.63, 3.8) is 0 Å². The van der Waals surface area contributed by atoms with E-state index in [-0.39, 0.29) is 11.8 Å². The largest absolute Gasteiger partial charge is 0.342 e. The Labute approximate surface area is 155 Å². The van der Waals surface area contributed by atoms with E-state index in [9.17, 15) is 9.59 Å². The highest BCUT2D eigenvalue weighted by atomic mass is 16.2. The molecule has 0 aliphatic carbocycles. The number of carbonyl (C=O) groups excluding carboxylic acids is 2. The first-order valence-corrected chi connectivity index (χ1v) is 10.1. The summed E-state index contributed by atoms with van der Waals surface area (Å²) >= 11 is 0. The van der Waals surface area contributed by atoms with E-state index in [0.29, 0.717) is 12.3 Å².